The van der Waals surface area contributed by atoms with Gasteiger partial charge in [0.05, 0.1) is 15.7 Å². The molecule has 0 unspecified atom stereocenters. The van der Waals surface area contributed by atoms with Gasteiger partial charge in [-0.3, -0.25) is 0 Å². The predicted octanol–water partition coefficient (Wildman–Crippen LogP) is 4.63. The number of hydrogen-bond donors (Lipinski definition) is 1. The van der Waals surface area contributed by atoms with E-state index in [0.717, 1.165) is 0 Å². The Hall–Kier alpha value is -2.05. The number of anilines is 2. The summed E-state index contributed by atoms with van der Waals surface area (Å²) in [4.78, 5) is 15.5. The summed E-state index contributed by atoms with van der Waals surface area (Å²) in [6, 6.07) is 8.39. The highest BCUT2D eigenvalue weighted by atomic mass is 35.5. The molecule has 1 saturated heterocycles. The van der Waals surface area contributed by atoms with E-state index in [4.69, 9.17) is 23.2 Å². The molecule has 4 nitrogen and oxygen atoms in total. The fraction of sp³-hybridized carbons (Fsp3) is 0.235. The lowest BCUT2D eigenvalue weighted by molar-refractivity contribution is 0.208. The number of rotatable bonds is 2. The number of benzene rings is 2. The number of carbonyl (C=O) groups excluding carboxylic acids is 1. The van der Waals surface area contributed by atoms with Gasteiger partial charge in [-0.2, -0.15) is 0 Å². The van der Waals surface area contributed by atoms with Crippen LogP contribution in [0.25, 0.3) is 0 Å². The van der Waals surface area contributed by atoms with E-state index in [0.29, 0.717) is 36.9 Å². The number of nitrogens with zero attached hydrogens (tertiary/aromatic N) is 2. The minimum atomic E-state index is -0.608. The summed E-state index contributed by atoms with van der Waals surface area (Å²) in [6.45, 7) is 1.32. The van der Waals surface area contributed by atoms with Gasteiger partial charge in [0.25, 0.3) is 0 Å². The topological polar surface area (TPSA) is 35.6 Å². The highest BCUT2D eigenvalue weighted by Gasteiger charge is 2.25. The zero-order valence-corrected chi connectivity index (χ0v) is 14.6. The van der Waals surface area contributed by atoms with Gasteiger partial charge in [0.1, 0.15) is 17.3 Å². The van der Waals surface area contributed by atoms with E-state index >= 15 is 0 Å². The second-order valence-corrected chi connectivity index (χ2v) is 6.36. The molecule has 2 aromatic carbocycles. The molecule has 25 heavy (non-hydrogen) atoms. The van der Waals surface area contributed by atoms with Crippen LogP contribution in [-0.4, -0.2) is 37.1 Å². The van der Waals surface area contributed by atoms with Gasteiger partial charge in [-0.15, -0.1) is 0 Å². The van der Waals surface area contributed by atoms with Gasteiger partial charge >= 0.3 is 6.03 Å². The Morgan fingerprint density at radius 2 is 1.56 bits per heavy atom. The van der Waals surface area contributed by atoms with Crippen molar-refractivity contribution in [1.82, 2.24) is 4.90 Å². The van der Waals surface area contributed by atoms with Crippen LogP contribution in [0.15, 0.2) is 36.4 Å². The third kappa shape index (κ3) is 3.80. The van der Waals surface area contributed by atoms with Gasteiger partial charge in [-0.25, -0.2) is 13.6 Å². The molecule has 2 aromatic rings. The average Bonchev–Trinajstić information content (AvgIpc) is 2.59. The highest BCUT2D eigenvalue weighted by molar-refractivity contribution is 6.43. The summed E-state index contributed by atoms with van der Waals surface area (Å²) < 4.78 is 27.7. The summed E-state index contributed by atoms with van der Waals surface area (Å²) >= 11 is 12.0. The Bertz CT molecular complexity index is 775. The molecule has 8 heteroatoms. The van der Waals surface area contributed by atoms with Crippen LogP contribution in [0, 0.1) is 11.6 Å². The zero-order valence-electron chi connectivity index (χ0n) is 13.1. The standard InChI is InChI=1S/C17H15Cl2F2N3O/c18-11-3-1-6-14(15(11)19)22-17(25)24-9-7-23(8-10-24)16-12(20)4-2-5-13(16)21/h1-6H,7-10H2,(H,22,25). The first-order valence-corrected chi connectivity index (χ1v) is 8.42. The highest BCUT2D eigenvalue weighted by Crippen LogP contribution is 2.30. The number of nitrogens with one attached hydrogen (secondary N) is 1. The number of halogens is 4. The number of para-hydroxylation sites is 1. The second-order valence-electron chi connectivity index (χ2n) is 5.58. The van der Waals surface area contributed by atoms with Crippen molar-refractivity contribution >= 4 is 40.6 Å². The summed E-state index contributed by atoms with van der Waals surface area (Å²) in [5.41, 5.74) is 0.363. The van der Waals surface area contributed by atoms with Gasteiger partial charge in [-0.1, -0.05) is 35.3 Å². The molecular weight excluding hydrogens is 371 g/mol. The molecule has 132 valence electrons. The van der Waals surface area contributed by atoms with Crippen LogP contribution in [0.5, 0.6) is 0 Å². The van der Waals surface area contributed by atoms with E-state index in [1.54, 1.807) is 28.0 Å². The summed E-state index contributed by atoms with van der Waals surface area (Å²) in [5, 5.41) is 3.32. The smallest absolute Gasteiger partial charge is 0.322 e. The van der Waals surface area contributed by atoms with Gasteiger partial charge in [0.2, 0.25) is 0 Å². The maximum absolute atomic E-state index is 13.9. The minimum absolute atomic E-state index is 0.0551. The molecule has 0 spiro atoms. The van der Waals surface area contributed by atoms with Crippen molar-refractivity contribution < 1.29 is 13.6 Å². The number of carbonyl (C=O) groups is 1. The summed E-state index contributed by atoms with van der Waals surface area (Å²) in [5.74, 6) is -1.22. The van der Waals surface area contributed by atoms with Gasteiger partial charge < -0.3 is 15.1 Å². The van der Waals surface area contributed by atoms with E-state index in [1.807, 2.05) is 0 Å². The monoisotopic (exact) mass is 385 g/mol. The zero-order chi connectivity index (χ0) is 18.0. The van der Waals surface area contributed by atoms with Crippen molar-refractivity contribution in [3.8, 4) is 0 Å². The second kappa shape index (κ2) is 7.45. The van der Waals surface area contributed by atoms with E-state index in [-0.39, 0.29) is 16.7 Å². The van der Waals surface area contributed by atoms with Crippen LogP contribution in [0.2, 0.25) is 10.0 Å². The molecule has 1 N–H and O–H groups in total. The maximum atomic E-state index is 13.9. The largest absolute Gasteiger partial charge is 0.363 e. The lowest BCUT2D eigenvalue weighted by atomic mass is 10.2. The molecule has 1 aliphatic rings. The molecule has 0 aromatic heterocycles. The normalized spacial score (nSPS) is 14.6. The molecule has 1 fully saturated rings. The first-order chi connectivity index (χ1) is 12.0. The molecule has 1 heterocycles. The van der Waals surface area contributed by atoms with Crippen molar-refractivity contribution in [1.29, 1.82) is 0 Å². The lowest BCUT2D eigenvalue weighted by Crippen LogP contribution is -2.50. The quantitative estimate of drug-likeness (QED) is 0.817. The third-order valence-corrected chi connectivity index (χ3v) is 4.83. The number of piperazine rings is 1. The molecule has 0 saturated carbocycles. The first kappa shape index (κ1) is 17.8. The molecule has 0 aliphatic carbocycles. The van der Waals surface area contributed by atoms with E-state index in [1.165, 1.54) is 18.2 Å². The van der Waals surface area contributed by atoms with Crippen LogP contribution in [0.1, 0.15) is 0 Å². The van der Waals surface area contributed by atoms with Gasteiger partial charge in [-0.05, 0) is 24.3 Å². The Balaban J connectivity index is 1.64. The van der Waals surface area contributed by atoms with Crippen LogP contribution in [0.3, 0.4) is 0 Å². The van der Waals surface area contributed by atoms with Crippen molar-refractivity contribution in [2.45, 2.75) is 0 Å². The van der Waals surface area contributed by atoms with Crippen LogP contribution in [0.4, 0.5) is 25.0 Å². The Morgan fingerprint density at radius 1 is 0.960 bits per heavy atom. The Morgan fingerprint density at radius 3 is 2.20 bits per heavy atom. The number of urea groups is 1. The fourth-order valence-corrected chi connectivity index (χ4v) is 3.07. The van der Waals surface area contributed by atoms with E-state index in [9.17, 15) is 13.6 Å². The number of hydrogen-bond acceptors (Lipinski definition) is 2. The van der Waals surface area contributed by atoms with Crippen LogP contribution in [-0.2, 0) is 0 Å². The molecule has 3 rings (SSSR count). The summed E-state index contributed by atoms with van der Waals surface area (Å²) in [6.07, 6.45) is 0. The SMILES string of the molecule is O=C(Nc1cccc(Cl)c1Cl)N1CCN(c2c(F)cccc2F)CC1. The fourth-order valence-electron chi connectivity index (χ4n) is 2.72. The van der Waals surface area contributed by atoms with Crippen LogP contribution < -0.4 is 10.2 Å². The van der Waals surface area contributed by atoms with Gasteiger partial charge in [0.15, 0.2) is 0 Å². The molecule has 2 amide bonds. The van der Waals surface area contributed by atoms with Gasteiger partial charge in [0, 0.05) is 26.2 Å². The van der Waals surface area contributed by atoms with Crippen molar-refractivity contribution in [3.05, 3.63) is 58.1 Å². The van der Waals surface area contributed by atoms with Crippen LogP contribution >= 0.6 is 23.2 Å². The number of amides is 2. The molecule has 0 atom stereocenters. The van der Waals surface area contributed by atoms with Crippen molar-refractivity contribution in [3.63, 3.8) is 0 Å². The summed E-state index contributed by atoms with van der Waals surface area (Å²) in [7, 11) is 0. The predicted molar refractivity (Wildman–Crippen MR) is 95.6 cm³/mol. The van der Waals surface area contributed by atoms with Crippen molar-refractivity contribution in [2.75, 3.05) is 36.4 Å². The molecule has 1 aliphatic heterocycles. The lowest BCUT2D eigenvalue weighted by Gasteiger charge is -2.36. The molecule has 0 radical (unpaired) electrons. The average molecular weight is 386 g/mol. The minimum Gasteiger partial charge on any atom is -0.363 e. The third-order valence-electron chi connectivity index (χ3n) is 4.01. The Labute approximate surface area is 153 Å². The Kier molecular flexibility index (Phi) is 5.30. The molecular formula is C17H15Cl2F2N3O. The maximum Gasteiger partial charge on any atom is 0.322 e. The van der Waals surface area contributed by atoms with Crippen molar-refractivity contribution in [2.24, 2.45) is 0 Å². The molecule has 0 bridgehead atoms. The first-order valence-electron chi connectivity index (χ1n) is 7.66. The van der Waals surface area contributed by atoms with E-state index in [2.05, 4.69) is 5.32 Å². The van der Waals surface area contributed by atoms with E-state index < -0.39 is 11.6 Å².